The van der Waals surface area contributed by atoms with Gasteiger partial charge in [0.05, 0.1) is 21.9 Å². The fourth-order valence-electron chi connectivity index (χ4n) is 2.47. The third kappa shape index (κ3) is 4.04. The molecule has 0 aliphatic carbocycles. The minimum Gasteiger partial charge on any atom is -0.388 e. The van der Waals surface area contributed by atoms with Crippen LogP contribution in [0, 0.1) is 20.8 Å². The lowest BCUT2D eigenvalue weighted by Crippen LogP contribution is -2.15. The molecule has 7 heteroatoms. The molecule has 0 aliphatic heterocycles. The maximum atomic E-state index is 12.4. The van der Waals surface area contributed by atoms with Gasteiger partial charge in [-0.2, -0.15) is 5.10 Å². The topological polar surface area (TPSA) is 87.7 Å². The summed E-state index contributed by atoms with van der Waals surface area (Å²) in [4.78, 5) is 4.67. The summed E-state index contributed by atoms with van der Waals surface area (Å²) in [6, 6.07) is 5.38. The average molecular weight is 375 g/mol. The van der Waals surface area contributed by atoms with Gasteiger partial charge in [0.1, 0.15) is 0 Å². The number of pyridine rings is 1. The molecule has 0 bridgehead atoms. The van der Waals surface area contributed by atoms with E-state index in [0.717, 1.165) is 27.8 Å². The molecule has 0 saturated carbocycles. The molecule has 0 fully saturated rings. The first kappa shape index (κ1) is 19.9. The number of benzene rings is 1. The number of fused-ring (bicyclic) bond motifs is 1. The van der Waals surface area contributed by atoms with Crippen molar-refractivity contribution in [2.75, 3.05) is 12.4 Å². The van der Waals surface area contributed by atoms with Crippen molar-refractivity contribution in [2.45, 2.75) is 44.8 Å². The number of hydrogen-bond acceptors (Lipinski definition) is 5. The SMILES string of the molecule is CNc1ccnc2cc(C)c(S(=O)(=O)C(C)C)cc12.Cc1cn[nH]c1C. The molecule has 6 nitrogen and oxygen atoms in total. The zero-order chi connectivity index (χ0) is 19.5. The predicted molar refractivity (Wildman–Crippen MR) is 106 cm³/mol. The number of aromatic nitrogens is 3. The van der Waals surface area contributed by atoms with E-state index in [0.29, 0.717) is 4.90 Å². The second-order valence-corrected chi connectivity index (χ2v) is 8.99. The molecule has 26 heavy (non-hydrogen) atoms. The van der Waals surface area contributed by atoms with E-state index in [1.165, 1.54) is 5.56 Å². The second-order valence-electron chi connectivity index (χ2n) is 6.52. The van der Waals surface area contributed by atoms with E-state index in [2.05, 4.69) is 20.5 Å². The summed E-state index contributed by atoms with van der Waals surface area (Å²) in [5.41, 5.74) is 4.79. The summed E-state index contributed by atoms with van der Waals surface area (Å²) in [5, 5.41) is 10.1. The van der Waals surface area contributed by atoms with Gasteiger partial charge in [-0.1, -0.05) is 0 Å². The number of anilines is 1. The molecule has 0 radical (unpaired) electrons. The Bertz CT molecular complexity index is 991. The molecule has 3 rings (SSSR count). The van der Waals surface area contributed by atoms with Crippen LogP contribution in [0.15, 0.2) is 35.5 Å². The number of rotatable bonds is 3. The first-order valence-corrected chi connectivity index (χ1v) is 10.0. The van der Waals surface area contributed by atoms with Crippen molar-refractivity contribution in [3.8, 4) is 0 Å². The highest BCUT2D eigenvalue weighted by molar-refractivity contribution is 7.92. The van der Waals surface area contributed by atoms with E-state index < -0.39 is 15.1 Å². The molecule has 1 aromatic carbocycles. The normalized spacial score (nSPS) is 11.3. The van der Waals surface area contributed by atoms with Gasteiger partial charge in [-0.25, -0.2) is 8.42 Å². The minimum atomic E-state index is -3.28. The van der Waals surface area contributed by atoms with Gasteiger partial charge in [0.25, 0.3) is 0 Å². The number of nitrogens with one attached hydrogen (secondary N) is 2. The van der Waals surface area contributed by atoms with Gasteiger partial charge >= 0.3 is 0 Å². The minimum absolute atomic E-state index is 0.388. The fourth-order valence-corrected chi connectivity index (χ4v) is 3.76. The highest BCUT2D eigenvalue weighted by Crippen LogP contribution is 2.29. The molecule has 2 heterocycles. The zero-order valence-corrected chi connectivity index (χ0v) is 16.9. The Balaban J connectivity index is 0.000000290. The van der Waals surface area contributed by atoms with Crippen molar-refractivity contribution >= 4 is 26.4 Å². The molecule has 140 valence electrons. The summed E-state index contributed by atoms with van der Waals surface area (Å²) in [7, 11) is -1.47. The van der Waals surface area contributed by atoms with Crippen LogP contribution in [0.25, 0.3) is 10.9 Å². The van der Waals surface area contributed by atoms with Crippen LogP contribution in [0.1, 0.15) is 30.7 Å². The van der Waals surface area contributed by atoms with E-state index in [1.807, 2.05) is 46.1 Å². The van der Waals surface area contributed by atoms with E-state index in [9.17, 15) is 8.42 Å². The van der Waals surface area contributed by atoms with Crippen LogP contribution >= 0.6 is 0 Å². The van der Waals surface area contributed by atoms with Crippen LogP contribution in [-0.4, -0.2) is 35.9 Å². The number of aromatic amines is 1. The molecule has 0 aliphatic rings. The molecule has 0 unspecified atom stereocenters. The molecule has 2 N–H and O–H groups in total. The Hall–Kier alpha value is -2.41. The van der Waals surface area contributed by atoms with Gasteiger partial charge in [-0.05, 0) is 63.9 Å². The maximum absolute atomic E-state index is 12.4. The number of aryl methyl sites for hydroxylation is 3. The first-order valence-electron chi connectivity index (χ1n) is 8.46. The second kappa shape index (κ2) is 7.86. The van der Waals surface area contributed by atoms with Crippen LogP contribution < -0.4 is 5.32 Å². The standard InChI is InChI=1S/C14H18N2O2S.C5H8N2/c1-9(2)19(17,18)14-8-11-12(15-4)5-6-16-13(11)7-10(14)3;1-4-3-6-7-5(4)2/h5-9H,1-4H3,(H,15,16);3H,1-2H3,(H,6,7). The largest absolute Gasteiger partial charge is 0.388 e. The van der Waals surface area contributed by atoms with Gasteiger partial charge in [0, 0.05) is 30.0 Å². The number of hydrogen-bond donors (Lipinski definition) is 2. The number of H-pyrrole nitrogens is 1. The fraction of sp³-hybridized carbons (Fsp3) is 0.368. The van der Waals surface area contributed by atoms with Crippen LogP contribution in [0.3, 0.4) is 0 Å². The third-order valence-corrected chi connectivity index (χ3v) is 6.61. The summed E-state index contributed by atoms with van der Waals surface area (Å²) in [5.74, 6) is 0. The lowest BCUT2D eigenvalue weighted by Gasteiger charge is -2.13. The highest BCUT2D eigenvalue weighted by atomic mass is 32.2. The van der Waals surface area contributed by atoms with Gasteiger partial charge in [-0.3, -0.25) is 10.1 Å². The molecule has 0 saturated heterocycles. The number of nitrogens with zero attached hydrogens (tertiary/aromatic N) is 2. The third-order valence-electron chi connectivity index (χ3n) is 4.32. The van der Waals surface area contributed by atoms with Crippen molar-refractivity contribution in [2.24, 2.45) is 0 Å². The van der Waals surface area contributed by atoms with Crippen molar-refractivity contribution in [3.63, 3.8) is 0 Å². The van der Waals surface area contributed by atoms with Crippen molar-refractivity contribution in [3.05, 3.63) is 47.4 Å². The van der Waals surface area contributed by atoms with E-state index in [-0.39, 0.29) is 0 Å². The lowest BCUT2D eigenvalue weighted by molar-refractivity contribution is 0.587. The molecule has 0 atom stereocenters. The average Bonchev–Trinajstić information content (AvgIpc) is 2.97. The van der Waals surface area contributed by atoms with Crippen molar-refractivity contribution in [1.29, 1.82) is 0 Å². The van der Waals surface area contributed by atoms with Gasteiger partial charge in [-0.15, -0.1) is 0 Å². The molecule has 2 aromatic heterocycles. The highest BCUT2D eigenvalue weighted by Gasteiger charge is 2.22. The number of sulfone groups is 1. The van der Waals surface area contributed by atoms with E-state index >= 15 is 0 Å². The monoisotopic (exact) mass is 374 g/mol. The van der Waals surface area contributed by atoms with E-state index in [4.69, 9.17) is 0 Å². The summed E-state index contributed by atoms with van der Waals surface area (Å²) < 4.78 is 24.7. The predicted octanol–water partition coefficient (Wildman–Crippen LogP) is 3.79. The van der Waals surface area contributed by atoms with Crippen LogP contribution in [0.4, 0.5) is 5.69 Å². The van der Waals surface area contributed by atoms with E-state index in [1.54, 1.807) is 26.1 Å². The lowest BCUT2D eigenvalue weighted by atomic mass is 10.1. The van der Waals surface area contributed by atoms with Crippen LogP contribution in [0.5, 0.6) is 0 Å². The summed E-state index contributed by atoms with van der Waals surface area (Å²) in [6.07, 6.45) is 3.53. The van der Waals surface area contributed by atoms with Crippen molar-refractivity contribution < 1.29 is 8.42 Å². The summed E-state index contributed by atoms with van der Waals surface area (Å²) in [6.45, 7) is 9.23. The Kier molecular flexibility index (Phi) is 6.02. The Morgan fingerprint density at radius 2 is 1.81 bits per heavy atom. The van der Waals surface area contributed by atoms with Gasteiger partial charge in [0.2, 0.25) is 0 Å². The Morgan fingerprint density at radius 1 is 1.12 bits per heavy atom. The Labute approximate surface area is 155 Å². The first-order chi connectivity index (χ1) is 12.2. The summed E-state index contributed by atoms with van der Waals surface area (Å²) >= 11 is 0. The van der Waals surface area contributed by atoms with Gasteiger partial charge in [0.15, 0.2) is 9.84 Å². The quantitative estimate of drug-likeness (QED) is 0.728. The molecular weight excluding hydrogens is 348 g/mol. The molecule has 0 spiro atoms. The smallest absolute Gasteiger partial charge is 0.180 e. The molecule has 0 amide bonds. The van der Waals surface area contributed by atoms with Crippen molar-refractivity contribution in [1.82, 2.24) is 15.2 Å². The van der Waals surface area contributed by atoms with Crippen LogP contribution in [0.2, 0.25) is 0 Å². The van der Waals surface area contributed by atoms with Crippen LogP contribution in [-0.2, 0) is 9.84 Å². The zero-order valence-electron chi connectivity index (χ0n) is 16.1. The van der Waals surface area contributed by atoms with Gasteiger partial charge < -0.3 is 5.32 Å². The molecular formula is C19H26N4O2S. The maximum Gasteiger partial charge on any atom is 0.180 e. The Morgan fingerprint density at radius 3 is 2.27 bits per heavy atom. The molecule has 3 aromatic rings.